The lowest BCUT2D eigenvalue weighted by atomic mass is 9.52. The van der Waals surface area contributed by atoms with E-state index in [0.29, 0.717) is 28.3 Å². The number of hydrogen-bond donors (Lipinski definition) is 3. The predicted molar refractivity (Wildman–Crippen MR) is 131 cm³/mol. The normalized spacial score (nSPS) is 30.8. The molecule has 0 amide bonds. The number of benzene rings is 1. The first-order chi connectivity index (χ1) is 15.8. The zero-order valence-corrected chi connectivity index (χ0v) is 20.2. The Labute approximate surface area is 204 Å². The minimum Gasteiger partial charge on any atom is -0.390 e. The first-order valence-electron chi connectivity index (χ1n) is 11.2. The van der Waals surface area contributed by atoms with Crippen LogP contribution in [0.3, 0.4) is 0 Å². The summed E-state index contributed by atoms with van der Waals surface area (Å²) in [6, 6.07) is 6.25. The summed E-state index contributed by atoms with van der Waals surface area (Å²) < 4.78 is 16.5. The van der Waals surface area contributed by atoms with Crippen LogP contribution in [0.2, 0.25) is 5.02 Å². The lowest BCUT2D eigenvalue weighted by molar-refractivity contribution is -0.129. The predicted octanol–water partition coefficient (Wildman–Crippen LogP) is 5.28. The van der Waals surface area contributed by atoms with Gasteiger partial charge < -0.3 is 16.2 Å². The van der Waals surface area contributed by atoms with Crippen LogP contribution in [-0.2, 0) is 0 Å². The molecule has 6 nitrogen and oxygen atoms in total. The molecule has 7 rings (SSSR count). The van der Waals surface area contributed by atoms with Crippen LogP contribution in [0, 0.1) is 23.6 Å². The van der Waals surface area contributed by atoms with Crippen LogP contribution >= 0.6 is 27.5 Å². The van der Waals surface area contributed by atoms with Gasteiger partial charge in [0.05, 0.1) is 39.3 Å². The minimum absolute atomic E-state index is 0.208. The number of anilines is 1. The van der Waals surface area contributed by atoms with E-state index in [1.807, 2.05) is 12.3 Å². The Morgan fingerprint density at radius 2 is 2.03 bits per heavy atom. The van der Waals surface area contributed by atoms with Gasteiger partial charge in [-0.2, -0.15) is 5.10 Å². The molecule has 172 valence electrons. The maximum absolute atomic E-state index is 13.8. The lowest BCUT2D eigenvalue weighted by Crippen LogP contribution is -2.59. The van der Waals surface area contributed by atoms with Crippen molar-refractivity contribution < 1.29 is 9.50 Å². The summed E-state index contributed by atoms with van der Waals surface area (Å²) in [6.45, 7) is 0. The summed E-state index contributed by atoms with van der Waals surface area (Å²) in [5.74, 6) is 1.22. The largest absolute Gasteiger partial charge is 0.390 e. The highest BCUT2D eigenvalue weighted by atomic mass is 79.9. The number of nitrogens with one attached hydrogen (secondary N) is 1. The highest BCUT2D eigenvalue weighted by molar-refractivity contribution is 9.10. The van der Waals surface area contributed by atoms with E-state index in [4.69, 9.17) is 17.3 Å². The van der Waals surface area contributed by atoms with Gasteiger partial charge in [-0.05, 0) is 84.0 Å². The number of aromatic nitrogens is 2. The van der Waals surface area contributed by atoms with Gasteiger partial charge in [-0.1, -0.05) is 11.6 Å². The molecule has 1 aromatic carbocycles. The van der Waals surface area contributed by atoms with Crippen LogP contribution in [0.5, 0.6) is 0 Å². The molecular weight excluding hydrogens is 509 g/mol. The quantitative estimate of drug-likeness (QED) is 0.315. The van der Waals surface area contributed by atoms with Gasteiger partial charge in [0, 0.05) is 22.8 Å². The van der Waals surface area contributed by atoms with Crippen LogP contribution in [0.15, 0.2) is 46.1 Å². The second-order valence-corrected chi connectivity index (χ2v) is 11.2. The Balaban J connectivity index is 1.42. The molecule has 4 N–H and O–H groups in total. The molecule has 0 spiro atoms. The number of aliphatic hydroxyl groups is 1. The summed E-state index contributed by atoms with van der Waals surface area (Å²) in [7, 11) is 0. The number of hydrogen-bond acceptors (Lipinski definition) is 4. The number of aliphatic imine (C=N–C) groups is 1. The van der Waals surface area contributed by atoms with E-state index in [1.165, 1.54) is 18.2 Å². The van der Waals surface area contributed by atoms with Crippen molar-refractivity contribution >= 4 is 50.3 Å². The summed E-state index contributed by atoms with van der Waals surface area (Å²) in [5, 5.41) is 19.6. The van der Waals surface area contributed by atoms with Gasteiger partial charge in [-0.25, -0.2) is 13.9 Å². The Hall–Kier alpha value is -2.16. The van der Waals surface area contributed by atoms with Crippen molar-refractivity contribution in [2.45, 2.75) is 43.7 Å². The van der Waals surface area contributed by atoms with Crippen molar-refractivity contribution in [3.8, 4) is 0 Å². The molecule has 4 bridgehead atoms. The third kappa shape index (κ3) is 3.72. The van der Waals surface area contributed by atoms with E-state index >= 15 is 0 Å². The molecule has 4 fully saturated rings. The molecule has 0 saturated heterocycles. The van der Waals surface area contributed by atoms with Gasteiger partial charge in [0.2, 0.25) is 0 Å². The van der Waals surface area contributed by atoms with Crippen LogP contribution in [0.25, 0.3) is 5.52 Å². The van der Waals surface area contributed by atoms with Crippen molar-refractivity contribution in [2.24, 2.45) is 28.5 Å². The van der Waals surface area contributed by atoms with Gasteiger partial charge in [0.15, 0.2) is 0 Å². The van der Waals surface area contributed by atoms with Crippen molar-refractivity contribution in [1.82, 2.24) is 9.61 Å². The van der Waals surface area contributed by atoms with E-state index in [0.717, 1.165) is 47.8 Å². The standard InChI is InChI=1S/C24H24BrClFN5O/c25-15-5-20-22(31-21-13-3-12-4-14(21)9-24(33,7-12)8-13)17(10-29-32(20)11-15)23(28)30-19-6-16(27)1-2-18(19)26/h1-2,5-6,10-14,21,31,33H,3-4,7-9H2,(H2,28,30). The summed E-state index contributed by atoms with van der Waals surface area (Å²) in [5.41, 5.74) is 8.57. The molecule has 2 unspecified atom stereocenters. The fraction of sp³-hybridized carbons (Fsp3) is 0.417. The van der Waals surface area contributed by atoms with Gasteiger partial charge in [0.25, 0.3) is 0 Å². The highest BCUT2D eigenvalue weighted by Gasteiger charge is 2.54. The molecule has 2 aromatic heterocycles. The SMILES string of the molecule is NC(=Nc1cc(F)ccc1Cl)c1cnn2cc(Br)cc2c1NC1C2CC3CC1CC(O)(C3)C2. The molecule has 0 radical (unpaired) electrons. The van der Waals surface area contributed by atoms with Crippen molar-refractivity contribution in [2.75, 3.05) is 5.32 Å². The number of halogens is 3. The second kappa shape index (κ2) is 7.68. The van der Waals surface area contributed by atoms with E-state index in [9.17, 15) is 9.50 Å². The first kappa shape index (κ1) is 21.4. The van der Waals surface area contributed by atoms with Gasteiger partial charge >= 0.3 is 0 Å². The Bertz CT molecular complexity index is 1280. The van der Waals surface area contributed by atoms with Gasteiger partial charge in [-0.15, -0.1) is 0 Å². The number of fused-ring (bicyclic) bond motifs is 1. The summed E-state index contributed by atoms with van der Waals surface area (Å²) in [4.78, 5) is 4.44. The molecule has 2 heterocycles. The summed E-state index contributed by atoms with van der Waals surface area (Å²) in [6.07, 6.45) is 8.46. The average Bonchev–Trinajstić information content (AvgIpc) is 3.12. The lowest BCUT2D eigenvalue weighted by Gasteiger charge is -2.58. The molecular formula is C24H24BrClFN5O. The average molecular weight is 533 g/mol. The highest BCUT2D eigenvalue weighted by Crippen LogP contribution is 2.56. The van der Waals surface area contributed by atoms with Crippen LogP contribution in [0.1, 0.15) is 37.7 Å². The van der Waals surface area contributed by atoms with Gasteiger partial charge in [-0.3, -0.25) is 0 Å². The molecule has 4 aliphatic rings. The number of amidine groups is 1. The van der Waals surface area contributed by atoms with Crippen molar-refractivity contribution in [3.63, 3.8) is 0 Å². The molecule has 3 aromatic rings. The summed E-state index contributed by atoms with van der Waals surface area (Å²) >= 11 is 9.77. The van der Waals surface area contributed by atoms with E-state index < -0.39 is 11.4 Å². The number of nitrogens with zero attached hydrogens (tertiary/aromatic N) is 3. The van der Waals surface area contributed by atoms with Crippen LogP contribution < -0.4 is 11.1 Å². The van der Waals surface area contributed by atoms with Crippen molar-refractivity contribution in [3.05, 3.63) is 57.5 Å². The third-order valence-corrected chi connectivity index (χ3v) is 8.33. The van der Waals surface area contributed by atoms with Gasteiger partial charge in [0.1, 0.15) is 11.7 Å². The zero-order chi connectivity index (χ0) is 22.9. The molecule has 4 saturated carbocycles. The molecule has 2 atom stereocenters. The molecule has 0 aliphatic heterocycles. The Kier molecular flexibility index (Phi) is 4.98. The topological polar surface area (TPSA) is 87.9 Å². The minimum atomic E-state index is -0.502. The van der Waals surface area contributed by atoms with Crippen LogP contribution in [0.4, 0.5) is 15.8 Å². The fourth-order valence-corrected chi connectivity index (χ4v) is 7.09. The monoisotopic (exact) mass is 531 g/mol. The smallest absolute Gasteiger partial charge is 0.135 e. The maximum atomic E-state index is 13.8. The Morgan fingerprint density at radius 3 is 2.76 bits per heavy atom. The van der Waals surface area contributed by atoms with Crippen LogP contribution in [-0.4, -0.2) is 32.2 Å². The maximum Gasteiger partial charge on any atom is 0.135 e. The molecule has 9 heteroatoms. The number of nitrogens with two attached hydrogens (primary N) is 1. The first-order valence-corrected chi connectivity index (χ1v) is 12.4. The van der Waals surface area contributed by atoms with E-state index in [-0.39, 0.29) is 17.6 Å². The fourth-order valence-electron chi connectivity index (χ4n) is 6.52. The second-order valence-electron chi connectivity index (χ2n) is 9.88. The Morgan fingerprint density at radius 1 is 1.27 bits per heavy atom. The molecule has 4 aliphatic carbocycles. The zero-order valence-electron chi connectivity index (χ0n) is 17.8. The number of rotatable bonds is 4. The van der Waals surface area contributed by atoms with E-state index in [1.54, 1.807) is 10.7 Å². The van der Waals surface area contributed by atoms with E-state index in [2.05, 4.69) is 31.3 Å². The third-order valence-electron chi connectivity index (χ3n) is 7.58. The molecule has 33 heavy (non-hydrogen) atoms. The van der Waals surface area contributed by atoms with Crippen molar-refractivity contribution in [1.29, 1.82) is 0 Å².